The molecule has 2 heterocycles. The minimum Gasteiger partial charge on any atom is -0.353 e. The van der Waals surface area contributed by atoms with Crippen LogP contribution in [0.15, 0.2) is 35.1 Å². The first kappa shape index (κ1) is 21.3. The van der Waals surface area contributed by atoms with Crippen molar-refractivity contribution in [2.45, 2.75) is 78.3 Å². The highest BCUT2D eigenvalue weighted by atomic mass is 16.1. The van der Waals surface area contributed by atoms with Crippen LogP contribution in [0.1, 0.15) is 62.3 Å². The van der Waals surface area contributed by atoms with E-state index in [0.29, 0.717) is 25.4 Å². The normalized spacial score (nSPS) is 14.8. The topological polar surface area (TPSA) is 68.9 Å². The van der Waals surface area contributed by atoms with Gasteiger partial charge in [-0.2, -0.15) is 5.10 Å². The molecule has 31 heavy (non-hydrogen) atoms. The van der Waals surface area contributed by atoms with Crippen LogP contribution in [0, 0.1) is 13.8 Å². The van der Waals surface area contributed by atoms with Gasteiger partial charge in [0.15, 0.2) is 0 Å². The molecule has 4 rings (SSSR count). The summed E-state index contributed by atoms with van der Waals surface area (Å²) in [7, 11) is 0. The van der Waals surface area contributed by atoms with Crippen LogP contribution in [0.5, 0.6) is 0 Å². The number of benzene rings is 1. The van der Waals surface area contributed by atoms with E-state index in [1.165, 1.54) is 19.3 Å². The number of fused-ring (bicyclic) bond motifs is 1. The molecule has 1 aromatic carbocycles. The van der Waals surface area contributed by atoms with Crippen molar-refractivity contribution in [3.63, 3.8) is 0 Å². The number of para-hydroxylation sites is 1. The average molecular weight is 421 g/mol. The predicted molar refractivity (Wildman–Crippen MR) is 124 cm³/mol. The maximum Gasteiger partial charge on any atom is 0.255 e. The van der Waals surface area contributed by atoms with E-state index in [0.717, 1.165) is 46.4 Å². The lowest BCUT2D eigenvalue weighted by molar-refractivity contribution is -0.121. The van der Waals surface area contributed by atoms with Gasteiger partial charge >= 0.3 is 0 Å². The molecule has 1 aliphatic carbocycles. The molecule has 1 fully saturated rings. The number of amides is 1. The molecule has 0 atom stereocenters. The fourth-order valence-corrected chi connectivity index (χ4v) is 4.90. The first-order valence-electron chi connectivity index (χ1n) is 11.5. The predicted octanol–water partition coefficient (Wildman–Crippen LogP) is 4.21. The van der Waals surface area contributed by atoms with Crippen LogP contribution in [0.2, 0.25) is 0 Å². The Bertz CT molecular complexity index is 1140. The summed E-state index contributed by atoms with van der Waals surface area (Å²) in [5, 5.41) is 8.94. The SMILES string of the molecule is CCn1c(=O)c(CCC(=O)NC2CCCCC2)c(C)c2c(C)nn(-c3ccccc3)c21. The molecule has 1 amide bonds. The molecule has 164 valence electrons. The maximum absolute atomic E-state index is 13.4. The van der Waals surface area contributed by atoms with Gasteiger partial charge in [-0.25, -0.2) is 4.68 Å². The Morgan fingerprint density at radius 1 is 1.13 bits per heavy atom. The monoisotopic (exact) mass is 420 g/mol. The van der Waals surface area contributed by atoms with Gasteiger partial charge in [0, 0.05) is 30.0 Å². The third-order valence-electron chi connectivity index (χ3n) is 6.51. The van der Waals surface area contributed by atoms with Crippen LogP contribution in [0.4, 0.5) is 0 Å². The van der Waals surface area contributed by atoms with Crippen LogP contribution < -0.4 is 10.9 Å². The molecule has 2 aromatic heterocycles. The number of carbonyl (C=O) groups excluding carboxylic acids is 1. The van der Waals surface area contributed by atoms with Gasteiger partial charge in [0.25, 0.3) is 5.56 Å². The van der Waals surface area contributed by atoms with E-state index in [2.05, 4.69) is 5.32 Å². The molecule has 0 bridgehead atoms. The summed E-state index contributed by atoms with van der Waals surface area (Å²) in [5.41, 5.74) is 4.30. The van der Waals surface area contributed by atoms with Crippen molar-refractivity contribution in [2.24, 2.45) is 0 Å². The van der Waals surface area contributed by atoms with Gasteiger partial charge in [0.05, 0.1) is 11.4 Å². The molecule has 0 saturated heterocycles. The number of aryl methyl sites for hydroxylation is 3. The Labute approximate surface area is 183 Å². The molecular formula is C25H32N4O2. The number of hydrogen-bond donors (Lipinski definition) is 1. The van der Waals surface area contributed by atoms with E-state index in [1.807, 2.05) is 55.8 Å². The molecule has 0 aliphatic heterocycles. The first-order chi connectivity index (χ1) is 15.0. The number of rotatable bonds is 6. The van der Waals surface area contributed by atoms with Crippen molar-refractivity contribution in [1.82, 2.24) is 19.7 Å². The number of pyridine rings is 1. The average Bonchev–Trinajstić information content (AvgIpc) is 3.12. The molecular weight excluding hydrogens is 388 g/mol. The van der Waals surface area contributed by atoms with Crippen molar-refractivity contribution >= 4 is 16.9 Å². The minimum absolute atomic E-state index is 0.0185. The highest BCUT2D eigenvalue weighted by molar-refractivity contribution is 5.85. The number of carbonyl (C=O) groups is 1. The Morgan fingerprint density at radius 3 is 2.52 bits per heavy atom. The van der Waals surface area contributed by atoms with Gasteiger partial charge in [-0.15, -0.1) is 0 Å². The second-order valence-corrected chi connectivity index (χ2v) is 8.59. The number of nitrogens with zero attached hydrogens (tertiary/aromatic N) is 3. The highest BCUT2D eigenvalue weighted by Crippen LogP contribution is 2.26. The van der Waals surface area contributed by atoms with Crippen LogP contribution in [0.3, 0.4) is 0 Å². The molecule has 0 radical (unpaired) electrons. The Kier molecular flexibility index (Phi) is 6.25. The first-order valence-corrected chi connectivity index (χ1v) is 11.5. The second kappa shape index (κ2) is 9.08. The maximum atomic E-state index is 13.4. The Hall–Kier alpha value is -2.89. The van der Waals surface area contributed by atoms with E-state index >= 15 is 0 Å². The van der Waals surface area contributed by atoms with Gasteiger partial charge in [-0.05, 0) is 57.7 Å². The fourth-order valence-electron chi connectivity index (χ4n) is 4.90. The van der Waals surface area contributed by atoms with E-state index in [4.69, 9.17) is 5.10 Å². The standard InChI is InChI=1S/C25H32N4O2/c1-4-28-24-23(18(3)27-29(24)20-13-9-6-10-14-20)17(2)21(25(28)31)15-16-22(30)26-19-11-7-5-8-12-19/h6,9-10,13-14,19H,4-5,7-8,11-12,15-16H2,1-3H3,(H,26,30). The molecule has 3 aromatic rings. The van der Waals surface area contributed by atoms with Gasteiger partial charge in [0.2, 0.25) is 5.91 Å². The lowest BCUT2D eigenvalue weighted by Gasteiger charge is -2.22. The van der Waals surface area contributed by atoms with E-state index in [9.17, 15) is 9.59 Å². The zero-order valence-corrected chi connectivity index (χ0v) is 18.8. The molecule has 0 spiro atoms. The smallest absolute Gasteiger partial charge is 0.255 e. The minimum atomic E-state index is -0.0185. The molecule has 1 aliphatic rings. The Morgan fingerprint density at radius 2 is 1.84 bits per heavy atom. The molecule has 6 heteroatoms. The van der Waals surface area contributed by atoms with Gasteiger partial charge < -0.3 is 5.32 Å². The van der Waals surface area contributed by atoms with Gasteiger partial charge in [-0.3, -0.25) is 14.2 Å². The quantitative estimate of drug-likeness (QED) is 0.650. The number of aromatic nitrogens is 3. The zero-order valence-electron chi connectivity index (χ0n) is 18.8. The van der Waals surface area contributed by atoms with Crippen molar-refractivity contribution < 1.29 is 4.79 Å². The van der Waals surface area contributed by atoms with E-state index in [-0.39, 0.29) is 11.5 Å². The van der Waals surface area contributed by atoms with E-state index < -0.39 is 0 Å². The molecule has 1 N–H and O–H groups in total. The summed E-state index contributed by atoms with van der Waals surface area (Å²) in [5.74, 6) is 0.0468. The lowest BCUT2D eigenvalue weighted by atomic mass is 9.95. The van der Waals surface area contributed by atoms with Crippen molar-refractivity contribution in [3.05, 3.63) is 57.5 Å². The van der Waals surface area contributed by atoms with Crippen LogP contribution in [-0.4, -0.2) is 26.3 Å². The largest absolute Gasteiger partial charge is 0.353 e. The van der Waals surface area contributed by atoms with Crippen molar-refractivity contribution in [1.29, 1.82) is 0 Å². The molecule has 6 nitrogen and oxygen atoms in total. The van der Waals surface area contributed by atoms with Gasteiger partial charge in [-0.1, -0.05) is 37.5 Å². The fraction of sp³-hybridized carbons (Fsp3) is 0.480. The summed E-state index contributed by atoms with van der Waals surface area (Å²) >= 11 is 0. The van der Waals surface area contributed by atoms with Crippen molar-refractivity contribution in [3.8, 4) is 5.69 Å². The summed E-state index contributed by atoms with van der Waals surface area (Å²) in [6.45, 7) is 6.50. The van der Waals surface area contributed by atoms with Crippen molar-refractivity contribution in [2.75, 3.05) is 0 Å². The van der Waals surface area contributed by atoms with Crippen LogP contribution in [0.25, 0.3) is 16.7 Å². The summed E-state index contributed by atoms with van der Waals surface area (Å²) < 4.78 is 3.66. The number of hydrogen-bond acceptors (Lipinski definition) is 3. The number of nitrogens with one attached hydrogen (secondary N) is 1. The third kappa shape index (κ3) is 4.16. The zero-order chi connectivity index (χ0) is 22.0. The summed E-state index contributed by atoms with van der Waals surface area (Å²) in [6, 6.07) is 10.2. The van der Waals surface area contributed by atoms with Crippen LogP contribution >= 0.6 is 0 Å². The summed E-state index contributed by atoms with van der Waals surface area (Å²) in [4.78, 5) is 26.0. The molecule has 0 unspecified atom stereocenters. The molecule has 1 saturated carbocycles. The second-order valence-electron chi connectivity index (χ2n) is 8.59. The summed E-state index contributed by atoms with van der Waals surface area (Å²) in [6.07, 6.45) is 6.56. The Balaban J connectivity index is 1.68. The lowest BCUT2D eigenvalue weighted by Crippen LogP contribution is -2.36. The van der Waals surface area contributed by atoms with E-state index in [1.54, 1.807) is 4.57 Å². The third-order valence-corrected chi connectivity index (χ3v) is 6.51. The van der Waals surface area contributed by atoms with Gasteiger partial charge in [0.1, 0.15) is 5.65 Å². The highest BCUT2D eigenvalue weighted by Gasteiger charge is 2.22. The van der Waals surface area contributed by atoms with Crippen LogP contribution in [-0.2, 0) is 17.8 Å².